The average molecular weight is 401 g/mol. The summed E-state index contributed by atoms with van der Waals surface area (Å²) in [6.45, 7) is 1.61. The number of hydrogen-bond acceptors (Lipinski definition) is 9. The monoisotopic (exact) mass is 401 g/mol. The number of alkyl halides is 3. The van der Waals surface area contributed by atoms with Crippen molar-refractivity contribution in [2.24, 2.45) is 0 Å². The molecule has 3 aromatic rings. The third-order valence-electron chi connectivity index (χ3n) is 3.31. The van der Waals surface area contributed by atoms with E-state index in [1.54, 1.807) is 6.92 Å². The van der Waals surface area contributed by atoms with E-state index in [1.807, 2.05) is 0 Å². The van der Waals surface area contributed by atoms with E-state index < -0.39 is 22.2 Å². The topological polar surface area (TPSA) is 139 Å². The van der Waals surface area contributed by atoms with Gasteiger partial charge in [0.05, 0.1) is 10.2 Å². The quantitative estimate of drug-likeness (QED) is 0.296. The predicted molar refractivity (Wildman–Crippen MR) is 85.8 cm³/mol. The van der Waals surface area contributed by atoms with Gasteiger partial charge in [0.1, 0.15) is 0 Å². The molecular weight excluding hydrogens is 391 g/mol. The molecule has 1 unspecified atom stereocenters. The Hall–Kier alpha value is -3.16. The number of nitrogen functional groups attached to an aromatic ring is 1. The van der Waals surface area contributed by atoms with Crippen LogP contribution in [0.4, 0.5) is 18.9 Å². The summed E-state index contributed by atoms with van der Waals surface area (Å²) in [4.78, 5) is 10.1. The summed E-state index contributed by atoms with van der Waals surface area (Å²) in [6, 6.07) is 5.46. The van der Waals surface area contributed by atoms with Crippen molar-refractivity contribution in [2.45, 2.75) is 23.5 Å². The van der Waals surface area contributed by atoms with Gasteiger partial charge in [-0.2, -0.15) is 13.2 Å². The molecule has 1 aromatic carbocycles. The van der Waals surface area contributed by atoms with Gasteiger partial charge in [-0.3, -0.25) is 10.1 Å². The maximum atomic E-state index is 12.7. The van der Waals surface area contributed by atoms with Crippen molar-refractivity contribution in [2.75, 3.05) is 5.84 Å². The Morgan fingerprint density at radius 1 is 1.22 bits per heavy atom. The molecule has 0 aliphatic carbocycles. The van der Waals surface area contributed by atoms with E-state index >= 15 is 0 Å². The van der Waals surface area contributed by atoms with E-state index in [-0.39, 0.29) is 22.6 Å². The maximum Gasteiger partial charge on any atom is 0.453 e. The van der Waals surface area contributed by atoms with Crippen molar-refractivity contribution in [1.82, 2.24) is 25.1 Å². The van der Waals surface area contributed by atoms with E-state index in [1.165, 1.54) is 24.3 Å². The largest absolute Gasteiger partial charge is 0.453 e. The van der Waals surface area contributed by atoms with Crippen LogP contribution >= 0.6 is 11.8 Å². The average Bonchev–Trinajstić information content (AvgIpc) is 3.22. The number of nitro groups is 1. The lowest BCUT2D eigenvalue weighted by Crippen LogP contribution is -2.21. The first-order valence-electron chi connectivity index (χ1n) is 7.19. The van der Waals surface area contributed by atoms with Crippen molar-refractivity contribution < 1.29 is 22.5 Å². The van der Waals surface area contributed by atoms with E-state index in [9.17, 15) is 23.3 Å². The van der Waals surface area contributed by atoms with Crippen LogP contribution in [0.5, 0.6) is 0 Å². The first-order valence-corrected chi connectivity index (χ1v) is 8.07. The van der Waals surface area contributed by atoms with Crippen LogP contribution < -0.4 is 5.84 Å². The van der Waals surface area contributed by atoms with Gasteiger partial charge >= 0.3 is 6.18 Å². The Bertz CT molecular complexity index is 970. The second kappa shape index (κ2) is 6.86. The van der Waals surface area contributed by atoms with Gasteiger partial charge < -0.3 is 10.3 Å². The Labute approximate surface area is 152 Å². The number of halogens is 3. The molecular formula is C13H10F3N7O3S. The number of hydrogen-bond donors (Lipinski definition) is 1. The van der Waals surface area contributed by atoms with Crippen LogP contribution in [0.3, 0.4) is 0 Å². The van der Waals surface area contributed by atoms with Crippen LogP contribution in [0.25, 0.3) is 11.5 Å². The summed E-state index contributed by atoms with van der Waals surface area (Å²) in [5.41, 5.74) is 0.364. The number of thioether (sulfide) groups is 1. The third kappa shape index (κ3) is 3.84. The highest BCUT2D eigenvalue weighted by molar-refractivity contribution is 7.99. The minimum atomic E-state index is -4.72. The fourth-order valence-electron chi connectivity index (χ4n) is 2.00. The van der Waals surface area contributed by atoms with Crippen LogP contribution in [0.1, 0.15) is 23.9 Å². The van der Waals surface area contributed by atoms with Crippen molar-refractivity contribution in [3.63, 3.8) is 0 Å². The van der Waals surface area contributed by atoms with Crippen molar-refractivity contribution in [3.8, 4) is 11.5 Å². The zero-order valence-corrected chi connectivity index (χ0v) is 14.2. The summed E-state index contributed by atoms with van der Waals surface area (Å²) in [5.74, 6) is 4.28. The second-order valence-corrected chi connectivity index (χ2v) is 6.49. The second-order valence-electron chi connectivity index (χ2n) is 5.18. The van der Waals surface area contributed by atoms with Gasteiger partial charge in [0, 0.05) is 17.7 Å². The number of nitro benzene ring substituents is 1. The van der Waals surface area contributed by atoms with Crippen LogP contribution in [-0.2, 0) is 6.18 Å². The minimum absolute atomic E-state index is 0.0924. The Balaban J connectivity index is 1.76. The van der Waals surface area contributed by atoms with Crippen LogP contribution in [0.2, 0.25) is 0 Å². The predicted octanol–water partition coefficient (Wildman–Crippen LogP) is 2.82. The molecule has 1 atom stereocenters. The molecule has 0 saturated heterocycles. The molecule has 0 amide bonds. The molecule has 0 saturated carbocycles. The Morgan fingerprint density at radius 2 is 1.89 bits per heavy atom. The lowest BCUT2D eigenvalue weighted by atomic mass is 10.2. The molecule has 2 N–H and O–H groups in total. The zero-order valence-electron chi connectivity index (χ0n) is 13.4. The maximum absolute atomic E-state index is 12.7. The standard InChI is InChI=1S/C13H10F3N7O3S/c1-6(27-12-21-20-11(22(12)17)13(14,15)16)9-18-19-10(26-9)7-2-4-8(5-3-7)23(24)25/h2-6H,17H2,1H3. The van der Waals surface area contributed by atoms with Gasteiger partial charge in [-0.1, -0.05) is 11.8 Å². The molecule has 10 nitrogen and oxygen atoms in total. The number of aromatic nitrogens is 5. The van der Waals surface area contributed by atoms with E-state index in [0.717, 1.165) is 11.8 Å². The van der Waals surface area contributed by atoms with Crippen molar-refractivity contribution in [3.05, 3.63) is 46.1 Å². The molecule has 3 rings (SSSR count). The highest BCUT2D eigenvalue weighted by Gasteiger charge is 2.38. The van der Waals surface area contributed by atoms with Crippen LogP contribution in [0.15, 0.2) is 33.8 Å². The van der Waals surface area contributed by atoms with Gasteiger partial charge in [-0.15, -0.1) is 20.4 Å². The van der Waals surface area contributed by atoms with E-state index in [2.05, 4.69) is 20.4 Å². The summed E-state index contributed by atoms with van der Waals surface area (Å²) in [6.07, 6.45) is -4.72. The molecule has 0 fully saturated rings. The summed E-state index contributed by atoms with van der Waals surface area (Å²) >= 11 is 0.854. The van der Waals surface area contributed by atoms with E-state index in [0.29, 0.717) is 10.2 Å². The van der Waals surface area contributed by atoms with Crippen molar-refractivity contribution >= 4 is 17.4 Å². The van der Waals surface area contributed by atoms with E-state index in [4.69, 9.17) is 10.3 Å². The van der Waals surface area contributed by atoms with Gasteiger partial charge in [-0.05, 0) is 19.1 Å². The lowest BCUT2D eigenvalue weighted by molar-refractivity contribution is -0.384. The summed E-state index contributed by atoms with van der Waals surface area (Å²) in [5, 5.41) is 24.0. The van der Waals surface area contributed by atoms with Gasteiger partial charge in [0.25, 0.3) is 11.5 Å². The molecule has 2 aromatic heterocycles. The number of nitrogens with two attached hydrogens (primary N) is 1. The molecule has 0 aliphatic heterocycles. The zero-order chi connectivity index (χ0) is 19.8. The Kier molecular flexibility index (Phi) is 4.73. The molecule has 0 radical (unpaired) electrons. The molecule has 142 valence electrons. The normalized spacial score (nSPS) is 12.9. The summed E-state index contributed by atoms with van der Waals surface area (Å²) < 4.78 is 43.9. The first kappa shape index (κ1) is 18.6. The van der Waals surface area contributed by atoms with Gasteiger partial charge in [0.2, 0.25) is 16.9 Å². The molecule has 2 heterocycles. The number of rotatable bonds is 5. The number of nitrogens with zero attached hydrogens (tertiary/aromatic N) is 6. The lowest BCUT2D eigenvalue weighted by Gasteiger charge is -2.08. The molecule has 0 bridgehead atoms. The third-order valence-corrected chi connectivity index (χ3v) is 4.36. The molecule has 14 heteroatoms. The number of non-ortho nitro benzene ring substituents is 1. The Morgan fingerprint density at radius 3 is 2.44 bits per heavy atom. The summed E-state index contributed by atoms with van der Waals surface area (Å²) in [7, 11) is 0. The smallest absolute Gasteiger partial charge is 0.419 e. The molecule has 0 spiro atoms. The highest BCUT2D eigenvalue weighted by Crippen LogP contribution is 2.36. The SMILES string of the molecule is CC(Sc1nnc(C(F)(F)F)n1N)c1nnc(-c2ccc([N+](=O)[O-])cc2)o1. The van der Waals surface area contributed by atoms with Gasteiger partial charge in [0.15, 0.2) is 0 Å². The fraction of sp³-hybridized carbons (Fsp3) is 0.231. The fourth-order valence-corrected chi connectivity index (χ4v) is 2.80. The van der Waals surface area contributed by atoms with Crippen LogP contribution in [0, 0.1) is 10.1 Å². The number of benzene rings is 1. The molecule has 27 heavy (non-hydrogen) atoms. The first-order chi connectivity index (χ1) is 12.7. The van der Waals surface area contributed by atoms with Crippen LogP contribution in [-0.4, -0.2) is 30.0 Å². The van der Waals surface area contributed by atoms with Gasteiger partial charge in [-0.25, -0.2) is 4.68 Å². The van der Waals surface area contributed by atoms with Crippen molar-refractivity contribution in [1.29, 1.82) is 0 Å². The molecule has 0 aliphatic rings. The highest BCUT2D eigenvalue weighted by atomic mass is 32.2. The minimum Gasteiger partial charge on any atom is -0.419 e.